The molecule has 1 aliphatic heterocycles. The van der Waals surface area contributed by atoms with Crippen molar-refractivity contribution < 1.29 is 9.53 Å². The van der Waals surface area contributed by atoms with Crippen LogP contribution in [0.15, 0.2) is 35.3 Å². The van der Waals surface area contributed by atoms with E-state index in [1.54, 1.807) is 7.05 Å². The van der Waals surface area contributed by atoms with Crippen molar-refractivity contribution in [3.05, 3.63) is 35.9 Å². The largest absolute Gasteiger partial charge is 0.378 e. The fourth-order valence-corrected chi connectivity index (χ4v) is 3.40. The van der Waals surface area contributed by atoms with Gasteiger partial charge >= 0.3 is 0 Å². The molecule has 0 unspecified atom stereocenters. The van der Waals surface area contributed by atoms with Crippen LogP contribution in [0.1, 0.15) is 38.7 Å². The Balaban J connectivity index is 1.48. The Bertz CT molecular complexity index is 628. The standard InChI is InChI=1S/C23H39N5O2/c1-19(2)22(29)25-13-14-27-23(24-3)26-12-7-17-30-21-10-15-28(16-11-21)18-20-8-5-4-6-9-20/h4-6,8-9,19,21H,7,10-18H2,1-3H3,(H,25,29)(H2,24,26,27). The molecule has 30 heavy (non-hydrogen) atoms. The van der Waals surface area contributed by atoms with Gasteiger partial charge in [0.2, 0.25) is 5.91 Å². The number of guanidine groups is 1. The van der Waals surface area contributed by atoms with E-state index in [0.717, 1.165) is 58.0 Å². The number of hydrogen-bond acceptors (Lipinski definition) is 4. The minimum absolute atomic E-state index is 0.0125. The number of likely N-dealkylation sites (tertiary alicyclic amines) is 1. The highest BCUT2D eigenvalue weighted by Crippen LogP contribution is 2.16. The molecule has 0 bridgehead atoms. The number of nitrogens with one attached hydrogen (secondary N) is 3. The van der Waals surface area contributed by atoms with Crippen LogP contribution in [0.3, 0.4) is 0 Å². The van der Waals surface area contributed by atoms with Gasteiger partial charge in [-0.15, -0.1) is 0 Å². The molecule has 0 atom stereocenters. The molecule has 0 aliphatic carbocycles. The van der Waals surface area contributed by atoms with Crippen molar-refractivity contribution in [1.82, 2.24) is 20.9 Å². The first-order chi connectivity index (χ1) is 14.6. The number of rotatable bonds is 11. The van der Waals surface area contributed by atoms with Crippen LogP contribution >= 0.6 is 0 Å². The van der Waals surface area contributed by atoms with Gasteiger partial charge in [0.05, 0.1) is 6.10 Å². The molecule has 1 amide bonds. The summed E-state index contributed by atoms with van der Waals surface area (Å²) in [6.07, 6.45) is 3.52. The highest BCUT2D eigenvalue weighted by atomic mass is 16.5. The van der Waals surface area contributed by atoms with E-state index in [-0.39, 0.29) is 11.8 Å². The summed E-state index contributed by atoms with van der Waals surface area (Å²) in [6, 6.07) is 10.7. The van der Waals surface area contributed by atoms with Gasteiger partial charge < -0.3 is 20.7 Å². The minimum atomic E-state index is 0.0125. The highest BCUT2D eigenvalue weighted by molar-refractivity contribution is 5.80. The van der Waals surface area contributed by atoms with E-state index < -0.39 is 0 Å². The summed E-state index contributed by atoms with van der Waals surface area (Å²) in [5, 5.41) is 9.38. The average Bonchev–Trinajstić information content (AvgIpc) is 2.76. The van der Waals surface area contributed by atoms with Gasteiger partial charge in [-0.25, -0.2) is 0 Å². The Morgan fingerprint density at radius 2 is 1.77 bits per heavy atom. The third-order valence-electron chi connectivity index (χ3n) is 5.22. The fourth-order valence-electron chi connectivity index (χ4n) is 3.40. The first kappa shape index (κ1) is 24.2. The van der Waals surface area contributed by atoms with Crippen LogP contribution in [0, 0.1) is 5.92 Å². The molecule has 0 aromatic heterocycles. The number of carbonyl (C=O) groups is 1. The zero-order valence-electron chi connectivity index (χ0n) is 18.8. The second kappa shape index (κ2) is 14.0. The van der Waals surface area contributed by atoms with Crippen molar-refractivity contribution in [3.63, 3.8) is 0 Å². The van der Waals surface area contributed by atoms with Crippen molar-refractivity contribution in [2.24, 2.45) is 10.9 Å². The maximum absolute atomic E-state index is 11.5. The van der Waals surface area contributed by atoms with Crippen molar-refractivity contribution in [3.8, 4) is 0 Å². The molecule has 0 radical (unpaired) electrons. The Hall–Kier alpha value is -2.12. The van der Waals surface area contributed by atoms with E-state index in [1.807, 2.05) is 13.8 Å². The quantitative estimate of drug-likeness (QED) is 0.292. The molecule has 1 heterocycles. The molecule has 7 nitrogen and oxygen atoms in total. The number of piperidine rings is 1. The van der Waals surface area contributed by atoms with E-state index in [9.17, 15) is 4.79 Å². The zero-order chi connectivity index (χ0) is 21.6. The van der Waals surface area contributed by atoms with E-state index >= 15 is 0 Å². The lowest BCUT2D eigenvalue weighted by molar-refractivity contribution is -0.123. The molecule has 1 aromatic rings. The number of amides is 1. The number of benzene rings is 1. The van der Waals surface area contributed by atoms with Crippen LogP contribution in [0.4, 0.5) is 0 Å². The van der Waals surface area contributed by atoms with E-state index in [0.29, 0.717) is 19.2 Å². The third-order valence-corrected chi connectivity index (χ3v) is 5.22. The Labute approximate surface area is 181 Å². The maximum Gasteiger partial charge on any atom is 0.222 e. The van der Waals surface area contributed by atoms with E-state index in [1.165, 1.54) is 5.56 Å². The Morgan fingerprint density at radius 3 is 2.43 bits per heavy atom. The average molecular weight is 418 g/mol. The summed E-state index contributed by atoms with van der Waals surface area (Å²) < 4.78 is 6.07. The number of hydrogen-bond donors (Lipinski definition) is 3. The Kier molecular flexibility index (Phi) is 11.3. The number of ether oxygens (including phenoxy) is 1. The molecule has 1 aromatic carbocycles. The summed E-state index contributed by atoms with van der Waals surface area (Å²) in [7, 11) is 1.75. The lowest BCUT2D eigenvalue weighted by Gasteiger charge is -2.32. The highest BCUT2D eigenvalue weighted by Gasteiger charge is 2.19. The van der Waals surface area contributed by atoms with Gasteiger partial charge in [-0.1, -0.05) is 44.2 Å². The molecule has 7 heteroatoms. The number of carbonyl (C=O) groups excluding carboxylic acids is 1. The molecular weight excluding hydrogens is 378 g/mol. The predicted octanol–water partition coefficient (Wildman–Crippen LogP) is 1.99. The lowest BCUT2D eigenvalue weighted by Crippen LogP contribution is -2.42. The van der Waals surface area contributed by atoms with Crippen LogP contribution in [-0.4, -0.2) is 69.2 Å². The summed E-state index contributed by atoms with van der Waals surface area (Å²) in [5.41, 5.74) is 1.38. The lowest BCUT2D eigenvalue weighted by atomic mass is 10.1. The topological polar surface area (TPSA) is 78.0 Å². The molecule has 168 valence electrons. The smallest absolute Gasteiger partial charge is 0.222 e. The Morgan fingerprint density at radius 1 is 1.10 bits per heavy atom. The second-order valence-electron chi connectivity index (χ2n) is 8.06. The van der Waals surface area contributed by atoms with Crippen molar-refractivity contribution in [1.29, 1.82) is 0 Å². The third kappa shape index (κ3) is 9.59. The normalized spacial score (nSPS) is 15.9. The van der Waals surface area contributed by atoms with Crippen LogP contribution in [-0.2, 0) is 16.1 Å². The second-order valence-corrected chi connectivity index (χ2v) is 8.06. The number of nitrogens with zero attached hydrogens (tertiary/aromatic N) is 2. The summed E-state index contributed by atoms with van der Waals surface area (Å²) in [6.45, 7) is 9.82. The first-order valence-corrected chi connectivity index (χ1v) is 11.2. The van der Waals surface area contributed by atoms with E-state index in [4.69, 9.17) is 4.74 Å². The summed E-state index contributed by atoms with van der Waals surface area (Å²) in [5.74, 6) is 0.837. The van der Waals surface area contributed by atoms with Crippen molar-refractivity contribution in [2.45, 2.75) is 45.8 Å². The SMILES string of the molecule is CN=C(NCCCOC1CCN(Cc2ccccc2)CC1)NCCNC(=O)C(C)C. The van der Waals surface area contributed by atoms with Gasteiger partial charge in [-0.05, 0) is 24.8 Å². The summed E-state index contributed by atoms with van der Waals surface area (Å²) in [4.78, 5) is 18.2. The van der Waals surface area contributed by atoms with Gasteiger partial charge in [-0.2, -0.15) is 0 Å². The minimum Gasteiger partial charge on any atom is -0.378 e. The van der Waals surface area contributed by atoms with Crippen LogP contribution in [0.25, 0.3) is 0 Å². The van der Waals surface area contributed by atoms with Gasteiger partial charge in [0.25, 0.3) is 0 Å². The maximum atomic E-state index is 11.5. The molecule has 0 saturated carbocycles. The van der Waals surface area contributed by atoms with Crippen LogP contribution in [0.2, 0.25) is 0 Å². The monoisotopic (exact) mass is 417 g/mol. The van der Waals surface area contributed by atoms with Gasteiger partial charge in [0.1, 0.15) is 0 Å². The zero-order valence-corrected chi connectivity index (χ0v) is 18.8. The van der Waals surface area contributed by atoms with Gasteiger partial charge in [0, 0.05) is 58.8 Å². The van der Waals surface area contributed by atoms with E-state index in [2.05, 4.69) is 56.2 Å². The first-order valence-electron chi connectivity index (χ1n) is 11.2. The van der Waals surface area contributed by atoms with Gasteiger partial charge in [-0.3, -0.25) is 14.7 Å². The number of aliphatic imine (C=N–C) groups is 1. The van der Waals surface area contributed by atoms with Crippen molar-refractivity contribution >= 4 is 11.9 Å². The molecule has 1 aliphatic rings. The molecule has 2 rings (SSSR count). The predicted molar refractivity (Wildman–Crippen MR) is 123 cm³/mol. The molecule has 1 fully saturated rings. The summed E-state index contributed by atoms with van der Waals surface area (Å²) >= 11 is 0. The van der Waals surface area contributed by atoms with Crippen LogP contribution in [0.5, 0.6) is 0 Å². The van der Waals surface area contributed by atoms with Crippen LogP contribution < -0.4 is 16.0 Å². The molecule has 3 N–H and O–H groups in total. The fraction of sp³-hybridized carbons (Fsp3) is 0.652. The molecule has 0 spiro atoms. The van der Waals surface area contributed by atoms with Gasteiger partial charge in [0.15, 0.2) is 5.96 Å². The molecular formula is C23H39N5O2. The molecule has 1 saturated heterocycles. The van der Waals surface area contributed by atoms with Crippen molar-refractivity contribution in [2.75, 3.05) is 46.4 Å².